The van der Waals surface area contributed by atoms with Gasteiger partial charge in [0.05, 0.1) is 0 Å². The van der Waals surface area contributed by atoms with Gasteiger partial charge in [-0.3, -0.25) is 20.4 Å². The van der Waals surface area contributed by atoms with Gasteiger partial charge in [-0.1, -0.05) is 34.1 Å². The fourth-order valence-corrected chi connectivity index (χ4v) is 2.42. The minimum Gasteiger partial charge on any atom is -0.481 e. The number of ether oxygens (including phenoxy) is 1. The SMILES string of the molecule is Cc1cccc(OC(C)C(=O)NNC(=O)c2cccc(Br)c2)c1C. The van der Waals surface area contributed by atoms with E-state index in [2.05, 4.69) is 26.8 Å². The lowest BCUT2D eigenvalue weighted by atomic mass is 10.1. The summed E-state index contributed by atoms with van der Waals surface area (Å²) in [6.07, 6.45) is -0.742. The van der Waals surface area contributed by atoms with Crippen LogP contribution in [0, 0.1) is 13.8 Å². The molecule has 0 aromatic heterocycles. The average molecular weight is 391 g/mol. The van der Waals surface area contributed by atoms with Crippen molar-refractivity contribution in [2.45, 2.75) is 26.9 Å². The molecule has 0 saturated carbocycles. The molecule has 6 heteroatoms. The van der Waals surface area contributed by atoms with Crippen LogP contribution in [0.4, 0.5) is 0 Å². The van der Waals surface area contributed by atoms with E-state index in [-0.39, 0.29) is 0 Å². The minimum atomic E-state index is -0.742. The van der Waals surface area contributed by atoms with Crippen molar-refractivity contribution in [3.8, 4) is 5.75 Å². The largest absolute Gasteiger partial charge is 0.481 e. The molecule has 1 atom stereocenters. The molecule has 2 N–H and O–H groups in total. The minimum absolute atomic E-state index is 0.399. The summed E-state index contributed by atoms with van der Waals surface area (Å²) in [5.41, 5.74) is 7.26. The topological polar surface area (TPSA) is 67.4 Å². The first-order valence-electron chi connectivity index (χ1n) is 7.47. The van der Waals surface area contributed by atoms with Crippen molar-refractivity contribution < 1.29 is 14.3 Å². The van der Waals surface area contributed by atoms with Gasteiger partial charge in [0.15, 0.2) is 6.10 Å². The highest BCUT2D eigenvalue weighted by atomic mass is 79.9. The van der Waals surface area contributed by atoms with Crippen LogP contribution >= 0.6 is 15.9 Å². The molecular weight excluding hydrogens is 372 g/mol. The number of amides is 2. The van der Waals surface area contributed by atoms with Crippen LogP contribution in [0.5, 0.6) is 5.75 Å². The van der Waals surface area contributed by atoms with Crippen molar-refractivity contribution in [2.75, 3.05) is 0 Å². The van der Waals surface area contributed by atoms with Crippen molar-refractivity contribution in [1.82, 2.24) is 10.9 Å². The smallest absolute Gasteiger partial charge is 0.279 e. The zero-order chi connectivity index (χ0) is 17.7. The predicted molar refractivity (Wildman–Crippen MR) is 95.8 cm³/mol. The number of carbonyl (C=O) groups is 2. The Labute approximate surface area is 149 Å². The number of nitrogens with one attached hydrogen (secondary N) is 2. The Bertz CT molecular complexity index is 762. The van der Waals surface area contributed by atoms with E-state index in [1.54, 1.807) is 25.1 Å². The van der Waals surface area contributed by atoms with Crippen molar-refractivity contribution >= 4 is 27.7 Å². The van der Waals surface area contributed by atoms with Crippen LogP contribution < -0.4 is 15.6 Å². The summed E-state index contributed by atoms with van der Waals surface area (Å²) in [6, 6.07) is 12.5. The molecule has 0 spiro atoms. The molecule has 0 fully saturated rings. The molecule has 2 aromatic carbocycles. The summed E-state index contributed by atoms with van der Waals surface area (Å²) in [4.78, 5) is 24.1. The summed E-state index contributed by atoms with van der Waals surface area (Å²) in [7, 11) is 0. The highest BCUT2D eigenvalue weighted by Crippen LogP contribution is 2.21. The molecule has 0 heterocycles. The quantitative estimate of drug-likeness (QED) is 0.786. The van der Waals surface area contributed by atoms with Gasteiger partial charge < -0.3 is 4.74 Å². The number of benzene rings is 2. The standard InChI is InChI=1S/C18H19BrN2O3/c1-11-6-4-9-16(12(11)2)24-13(3)17(22)20-21-18(23)14-7-5-8-15(19)10-14/h4-10,13H,1-3H3,(H,20,22)(H,21,23). The molecule has 0 aliphatic heterocycles. The zero-order valence-electron chi connectivity index (χ0n) is 13.7. The Balaban J connectivity index is 1.92. The number of hydrogen-bond acceptors (Lipinski definition) is 3. The first-order valence-corrected chi connectivity index (χ1v) is 8.26. The van der Waals surface area contributed by atoms with E-state index >= 15 is 0 Å². The molecule has 2 amide bonds. The van der Waals surface area contributed by atoms with Gasteiger partial charge in [-0.25, -0.2) is 0 Å². The summed E-state index contributed by atoms with van der Waals surface area (Å²) >= 11 is 3.30. The van der Waals surface area contributed by atoms with E-state index in [0.29, 0.717) is 11.3 Å². The van der Waals surface area contributed by atoms with Gasteiger partial charge in [-0.2, -0.15) is 0 Å². The van der Waals surface area contributed by atoms with Gasteiger partial charge in [-0.15, -0.1) is 0 Å². The van der Waals surface area contributed by atoms with E-state index in [1.165, 1.54) is 0 Å². The molecule has 126 valence electrons. The number of rotatable bonds is 4. The van der Waals surface area contributed by atoms with E-state index in [1.807, 2.05) is 38.1 Å². The van der Waals surface area contributed by atoms with Gasteiger partial charge >= 0.3 is 0 Å². The van der Waals surface area contributed by atoms with Crippen LogP contribution in [0.15, 0.2) is 46.9 Å². The van der Waals surface area contributed by atoms with Crippen LogP contribution in [0.1, 0.15) is 28.4 Å². The van der Waals surface area contributed by atoms with Crippen molar-refractivity contribution in [3.63, 3.8) is 0 Å². The molecule has 2 rings (SSSR count). The second-order valence-electron chi connectivity index (χ2n) is 5.41. The maximum absolute atomic E-state index is 12.1. The average Bonchev–Trinajstić information content (AvgIpc) is 2.56. The van der Waals surface area contributed by atoms with Gasteiger partial charge in [0.2, 0.25) is 0 Å². The molecule has 2 aromatic rings. The number of hydrazine groups is 1. The third kappa shape index (κ3) is 4.58. The van der Waals surface area contributed by atoms with Crippen LogP contribution in [0.2, 0.25) is 0 Å². The Kier molecular flexibility index (Phi) is 5.98. The van der Waals surface area contributed by atoms with E-state index in [9.17, 15) is 9.59 Å². The summed E-state index contributed by atoms with van der Waals surface area (Å²) < 4.78 is 6.46. The van der Waals surface area contributed by atoms with Crippen LogP contribution in [-0.2, 0) is 4.79 Å². The van der Waals surface area contributed by atoms with Crippen LogP contribution in [0.25, 0.3) is 0 Å². The van der Waals surface area contributed by atoms with Gasteiger partial charge in [0.25, 0.3) is 11.8 Å². The molecule has 0 aliphatic rings. The third-order valence-electron chi connectivity index (χ3n) is 3.61. The lowest BCUT2D eigenvalue weighted by Gasteiger charge is -2.17. The Morgan fingerprint density at radius 3 is 2.50 bits per heavy atom. The number of carbonyl (C=O) groups excluding carboxylic acids is 2. The van der Waals surface area contributed by atoms with Crippen molar-refractivity contribution in [3.05, 3.63) is 63.6 Å². The van der Waals surface area contributed by atoms with E-state index in [4.69, 9.17) is 4.74 Å². The summed E-state index contributed by atoms with van der Waals surface area (Å²) in [5, 5.41) is 0. The van der Waals surface area contributed by atoms with E-state index in [0.717, 1.165) is 15.6 Å². The highest BCUT2D eigenvalue weighted by molar-refractivity contribution is 9.10. The normalized spacial score (nSPS) is 11.5. The highest BCUT2D eigenvalue weighted by Gasteiger charge is 2.17. The monoisotopic (exact) mass is 390 g/mol. The number of halogens is 1. The maximum Gasteiger partial charge on any atom is 0.279 e. The van der Waals surface area contributed by atoms with Crippen molar-refractivity contribution in [2.24, 2.45) is 0 Å². The molecule has 0 saturated heterocycles. The Hall–Kier alpha value is -2.34. The molecule has 1 unspecified atom stereocenters. The van der Waals surface area contributed by atoms with Crippen molar-refractivity contribution in [1.29, 1.82) is 0 Å². The van der Waals surface area contributed by atoms with E-state index < -0.39 is 17.9 Å². The third-order valence-corrected chi connectivity index (χ3v) is 4.11. The Morgan fingerprint density at radius 2 is 1.79 bits per heavy atom. The maximum atomic E-state index is 12.1. The summed E-state index contributed by atoms with van der Waals surface area (Å²) in [6.45, 7) is 5.54. The first kappa shape index (κ1) is 18.0. The van der Waals surface area contributed by atoms with Gasteiger partial charge in [0, 0.05) is 10.0 Å². The number of aryl methyl sites for hydroxylation is 1. The molecule has 0 radical (unpaired) electrons. The van der Waals surface area contributed by atoms with Gasteiger partial charge in [0.1, 0.15) is 5.75 Å². The fraction of sp³-hybridized carbons (Fsp3) is 0.222. The fourth-order valence-electron chi connectivity index (χ4n) is 2.02. The van der Waals surface area contributed by atoms with Crippen LogP contribution in [0.3, 0.4) is 0 Å². The van der Waals surface area contributed by atoms with Gasteiger partial charge in [-0.05, 0) is 56.2 Å². The molecule has 24 heavy (non-hydrogen) atoms. The molecule has 5 nitrogen and oxygen atoms in total. The van der Waals surface area contributed by atoms with Crippen LogP contribution in [-0.4, -0.2) is 17.9 Å². The summed E-state index contributed by atoms with van der Waals surface area (Å²) in [5.74, 6) is -0.182. The second kappa shape index (κ2) is 7.97. The lowest BCUT2D eigenvalue weighted by Crippen LogP contribution is -2.47. The first-order chi connectivity index (χ1) is 11.4. The molecule has 0 aliphatic carbocycles. The Morgan fingerprint density at radius 1 is 1.08 bits per heavy atom. The lowest BCUT2D eigenvalue weighted by molar-refractivity contribution is -0.128. The zero-order valence-corrected chi connectivity index (χ0v) is 15.3. The second-order valence-corrected chi connectivity index (χ2v) is 6.33. The molecular formula is C18H19BrN2O3. The predicted octanol–water partition coefficient (Wildman–Crippen LogP) is 3.29. The molecule has 0 bridgehead atoms. The number of hydrogen-bond donors (Lipinski definition) is 2.